The molecule has 0 heterocycles. The average molecular weight is 365 g/mol. The summed E-state index contributed by atoms with van der Waals surface area (Å²) in [6, 6.07) is 16.6. The molecule has 0 saturated carbocycles. The van der Waals surface area contributed by atoms with Gasteiger partial charge in [0.05, 0.1) is 22.9 Å². The van der Waals surface area contributed by atoms with Gasteiger partial charge in [0.1, 0.15) is 6.61 Å². The van der Waals surface area contributed by atoms with E-state index in [0.717, 1.165) is 0 Å². The Balaban J connectivity index is 1.98. The molecule has 0 radical (unpaired) electrons. The molecule has 3 rings (SSSR count). The van der Waals surface area contributed by atoms with Crippen molar-refractivity contribution in [1.29, 1.82) is 0 Å². The predicted octanol–water partition coefficient (Wildman–Crippen LogP) is 3.88. The molecule has 0 bridgehead atoms. The molecular weight excluding hydrogens is 353 g/mol. The first-order valence-corrected chi connectivity index (χ1v) is 7.10. The highest BCUT2D eigenvalue weighted by Gasteiger charge is 2.28. The van der Waals surface area contributed by atoms with Crippen LogP contribution in [0.3, 0.4) is 0 Å². The number of hydrogen-bond acceptors (Lipinski definition) is 2. The van der Waals surface area contributed by atoms with Gasteiger partial charge in [0.15, 0.2) is 0 Å². The van der Waals surface area contributed by atoms with Crippen molar-refractivity contribution in [3.8, 4) is 11.1 Å². The zero-order chi connectivity index (χ0) is 13.2. The molecule has 4 heteroatoms. The summed E-state index contributed by atoms with van der Waals surface area (Å²) in [7, 11) is 0. The number of amides is 1. The van der Waals surface area contributed by atoms with Gasteiger partial charge in [0, 0.05) is 5.92 Å². The number of rotatable bonds is 2. The van der Waals surface area contributed by atoms with Crippen molar-refractivity contribution in [2.75, 3.05) is 6.61 Å². The van der Waals surface area contributed by atoms with E-state index in [1.165, 1.54) is 22.3 Å². The van der Waals surface area contributed by atoms with Crippen LogP contribution in [0.4, 0.5) is 4.79 Å². The molecule has 1 N–H and O–H groups in total. The Kier molecular flexibility index (Phi) is 3.42. The average Bonchev–Trinajstić information content (AvgIpc) is 2.79. The van der Waals surface area contributed by atoms with Gasteiger partial charge >= 0.3 is 6.09 Å². The van der Waals surface area contributed by atoms with Crippen molar-refractivity contribution in [3.05, 3.63) is 59.7 Å². The summed E-state index contributed by atoms with van der Waals surface area (Å²) < 4.78 is 7.68. The molecular formula is C15H12INO2. The van der Waals surface area contributed by atoms with E-state index in [4.69, 9.17) is 4.74 Å². The van der Waals surface area contributed by atoms with E-state index in [1.54, 1.807) is 22.9 Å². The smallest absolute Gasteiger partial charge is 0.415 e. The topological polar surface area (TPSA) is 38.3 Å². The summed E-state index contributed by atoms with van der Waals surface area (Å²) in [6.07, 6.45) is -0.400. The maximum Gasteiger partial charge on any atom is 0.415 e. The van der Waals surface area contributed by atoms with Gasteiger partial charge in [-0.1, -0.05) is 48.5 Å². The first-order valence-electron chi connectivity index (χ1n) is 6.03. The van der Waals surface area contributed by atoms with Crippen LogP contribution in [0, 0.1) is 0 Å². The van der Waals surface area contributed by atoms with Crippen molar-refractivity contribution in [2.45, 2.75) is 5.92 Å². The largest absolute Gasteiger partial charge is 0.448 e. The van der Waals surface area contributed by atoms with Crippen LogP contribution >= 0.6 is 22.9 Å². The van der Waals surface area contributed by atoms with Gasteiger partial charge < -0.3 is 4.74 Å². The monoisotopic (exact) mass is 365 g/mol. The fourth-order valence-corrected chi connectivity index (χ4v) is 2.78. The van der Waals surface area contributed by atoms with Crippen molar-refractivity contribution in [1.82, 2.24) is 3.53 Å². The SMILES string of the molecule is O=C(NI)OCC1c2ccccc2-c2ccccc21. The van der Waals surface area contributed by atoms with Crippen molar-refractivity contribution >= 4 is 29.0 Å². The summed E-state index contributed by atoms with van der Waals surface area (Å²) in [6.45, 7) is 0.364. The molecule has 0 aliphatic heterocycles. The van der Waals surface area contributed by atoms with Gasteiger partial charge in [-0.05, 0) is 22.3 Å². The lowest BCUT2D eigenvalue weighted by Crippen LogP contribution is -2.17. The van der Waals surface area contributed by atoms with Crippen LogP contribution in [-0.4, -0.2) is 12.7 Å². The minimum absolute atomic E-state index is 0.126. The second-order valence-electron chi connectivity index (χ2n) is 4.42. The first-order chi connectivity index (χ1) is 9.31. The van der Waals surface area contributed by atoms with Crippen LogP contribution < -0.4 is 3.53 Å². The quantitative estimate of drug-likeness (QED) is 0.648. The number of halogens is 1. The van der Waals surface area contributed by atoms with Gasteiger partial charge in [0.2, 0.25) is 0 Å². The molecule has 0 atom stereocenters. The molecule has 0 fully saturated rings. The minimum Gasteiger partial charge on any atom is -0.448 e. The van der Waals surface area contributed by atoms with E-state index in [2.05, 4.69) is 27.8 Å². The Morgan fingerprint density at radius 2 is 1.58 bits per heavy atom. The van der Waals surface area contributed by atoms with Crippen LogP contribution in [0.5, 0.6) is 0 Å². The summed E-state index contributed by atoms with van der Waals surface area (Å²) >= 11 is 1.78. The molecule has 96 valence electrons. The zero-order valence-corrected chi connectivity index (χ0v) is 12.3. The summed E-state index contributed by atoms with van der Waals surface area (Å²) in [4.78, 5) is 11.3. The van der Waals surface area contributed by atoms with E-state index in [1.807, 2.05) is 24.3 Å². The number of ether oxygens (including phenoxy) is 1. The van der Waals surface area contributed by atoms with E-state index in [-0.39, 0.29) is 5.92 Å². The molecule has 1 aliphatic carbocycles. The van der Waals surface area contributed by atoms with E-state index >= 15 is 0 Å². The zero-order valence-electron chi connectivity index (χ0n) is 10.1. The predicted molar refractivity (Wildman–Crippen MR) is 82.2 cm³/mol. The molecule has 1 aliphatic rings. The summed E-state index contributed by atoms with van der Waals surface area (Å²) in [5.41, 5.74) is 4.93. The van der Waals surface area contributed by atoms with Crippen molar-refractivity contribution in [2.24, 2.45) is 0 Å². The lowest BCUT2D eigenvalue weighted by molar-refractivity contribution is 0.151. The fourth-order valence-electron chi connectivity index (χ4n) is 2.63. The van der Waals surface area contributed by atoms with Crippen LogP contribution in [0.1, 0.15) is 17.0 Å². The van der Waals surface area contributed by atoms with E-state index < -0.39 is 6.09 Å². The molecule has 0 unspecified atom stereocenters. The van der Waals surface area contributed by atoms with Crippen LogP contribution in [0.15, 0.2) is 48.5 Å². The molecule has 2 aromatic rings. The number of nitrogens with one attached hydrogen (secondary N) is 1. The second-order valence-corrected chi connectivity index (χ2v) is 4.96. The highest BCUT2D eigenvalue weighted by Crippen LogP contribution is 2.44. The molecule has 0 spiro atoms. The maximum absolute atomic E-state index is 11.3. The summed E-state index contributed by atoms with van der Waals surface area (Å²) in [5.74, 6) is 0.126. The lowest BCUT2D eigenvalue weighted by Gasteiger charge is -2.13. The van der Waals surface area contributed by atoms with Crippen LogP contribution in [0.2, 0.25) is 0 Å². The normalized spacial score (nSPS) is 12.7. The van der Waals surface area contributed by atoms with E-state index in [9.17, 15) is 4.79 Å². The minimum atomic E-state index is -0.400. The molecule has 0 saturated heterocycles. The van der Waals surface area contributed by atoms with Gasteiger partial charge in [-0.15, -0.1) is 0 Å². The number of fused-ring (bicyclic) bond motifs is 3. The third-order valence-corrected chi connectivity index (χ3v) is 3.86. The molecule has 3 nitrogen and oxygen atoms in total. The third-order valence-electron chi connectivity index (χ3n) is 3.42. The third kappa shape index (κ3) is 2.20. The number of carbonyl (C=O) groups is 1. The Labute approximate surface area is 125 Å². The lowest BCUT2D eigenvalue weighted by atomic mass is 9.98. The van der Waals surface area contributed by atoms with Gasteiger partial charge in [-0.3, -0.25) is 3.53 Å². The van der Waals surface area contributed by atoms with Crippen LogP contribution in [0.25, 0.3) is 11.1 Å². The van der Waals surface area contributed by atoms with Crippen molar-refractivity contribution in [3.63, 3.8) is 0 Å². The molecule has 0 aromatic heterocycles. The first kappa shape index (κ1) is 12.5. The van der Waals surface area contributed by atoms with Gasteiger partial charge in [0.25, 0.3) is 0 Å². The molecule has 2 aromatic carbocycles. The highest BCUT2D eigenvalue weighted by atomic mass is 127. The highest BCUT2D eigenvalue weighted by molar-refractivity contribution is 14.1. The fraction of sp³-hybridized carbons (Fsp3) is 0.133. The number of hydrogen-bond donors (Lipinski definition) is 1. The molecule has 1 amide bonds. The number of benzene rings is 2. The standard InChI is InChI=1S/C15H12INO2/c16-17-15(18)19-9-14-12-7-3-1-5-10(12)11-6-2-4-8-13(11)14/h1-8,14H,9H2,(H,17,18). The van der Waals surface area contributed by atoms with Crippen molar-refractivity contribution < 1.29 is 9.53 Å². The Morgan fingerprint density at radius 3 is 2.11 bits per heavy atom. The maximum atomic E-state index is 11.3. The second kappa shape index (κ2) is 5.21. The van der Waals surface area contributed by atoms with E-state index in [0.29, 0.717) is 6.61 Å². The van der Waals surface area contributed by atoms with Gasteiger partial charge in [-0.25, -0.2) is 4.79 Å². The number of carbonyl (C=O) groups excluding carboxylic acids is 1. The Morgan fingerprint density at radius 1 is 1.05 bits per heavy atom. The summed E-state index contributed by atoms with van der Waals surface area (Å²) in [5, 5.41) is 0. The Bertz CT molecular complexity index is 582. The van der Waals surface area contributed by atoms with Crippen LogP contribution in [-0.2, 0) is 4.74 Å². The molecule has 19 heavy (non-hydrogen) atoms. The van der Waals surface area contributed by atoms with Gasteiger partial charge in [-0.2, -0.15) is 0 Å². The Hall–Kier alpha value is -1.56.